The maximum absolute atomic E-state index is 5.17. The first kappa shape index (κ1) is 12.2. The molecule has 0 bridgehead atoms. The Hall–Kier alpha value is -0.850. The van der Waals surface area contributed by atoms with E-state index in [0.717, 1.165) is 44.5 Å². The summed E-state index contributed by atoms with van der Waals surface area (Å²) in [5.41, 5.74) is 1.16. The fraction of sp³-hybridized carbons (Fsp3) is 0.583. The van der Waals surface area contributed by atoms with E-state index < -0.39 is 0 Å². The maximum Gasteiger partial charge on any atom is 0.0926 e. The SMILES string of the molecule is C#CCCCCNCc1csc(CC)n1. The zero-order valence-corrected chi connectivity index (χ0v) is 10.1. The number of rotatable bonds is 7. The standard InChI is InChI=1S/C12H18N2S/c1-3-5-6-7-8-13-9-11-10-15-12(4-2)14-11/h1,10,13H,4-9H2,2H3. The summed E-state index contributed by atoms with van der Waals surface area (Å²) < 4.78 is 0. The predicted molar refractivity (Wildman–Crippen MR) is 65.9 cm³/mol. The van der Waals surface area contributed by atoms with E-state index in [0.29, 0.717) is 0 Å². The molecule has 0 saturated heterocycles. The van der Waals surface area contributed by atoms with E-state index in [1.165, 1.54) is 5.01 Å². The van der Waals surface area contributed by atoms with Crippen molar-refractivity contribution in [1.29, 1.82) is 0 Å². The first-order chi connectivity index (χ1) is 7.36. The molecule has 0 fully saturated rings. The Kier molecular flexibility index (Phi) is 6.06. The van der Waals surface area contributed by atoms with Crippen molar-refractivity contribution in [3.8, 4) is 12.3 Å². The van der Waals surface area contributed by atoms with Gasteiger partial charge in [0.1, 0.15) is 0 Å². The maximum atomic E-state index is 5.17. The van der Waals surface area contributed by atoms with E-state index in [-0.39, 0.29) is 0 Å². The average molecular weight is 222 g/mol. The second-order valence-electron chi connectivity index (χ2n) is 3.42. The summed E-state index contributed by atoms with van der Waals surface area (Å²) in [5, 5.41) is 6.73. The third-order valence-corrected chi connectivity index (χ3v) is 3.17. The molecular weight excluding hydrogens is 204 g/mol. The quantitative estimate of drug-likeness (QED) is 0.566. The Morgan fingerprint density at radius 1 is 1.53 bits per heavy atom. The van der Waals surface area contributed by atoms with Crippen molar-refractivity contribution in [2.24, 2.45) is 0 Å². The predicted octanol–water partition coefficient (Wildman–Crippen LogP) is 2.60. The molecule has 0 spiro atoms. The molecule has 1 aromatic heterocycles. The monoisotopic (exact) mass is 222 g/mol. The summed E-state index contributed by atoms with van der Waals surface area (Å²) in [5.74, 6) is 2.65. The molecule has 0 aliphatic rings. The summed E-state index contributed by atoms with van der Waals surface area (Å²) in [4.78, 5) is 4.49. The van der Waals surface area contributed by atoms with Gasteiger partial charge in [-0.2, -0.15) is 0 Å². The molecule has 0 saturated carbocycles. The number of aryl methyl sites for hydroxylation is 1. The van der Waals surface area contributed by atoms with Crippen molar-refractivity contribution in [1.82, 2.24) is 10.3 Å². The fourth-order valence-corrected chi connectivity index (χ4v) is 2.03. The summed E-state index contributed by atoms with van der Waals surface area (Å²) in [6, 6.07) is 0. The zero-order chi connectivity index (χ0) is 10.9. The van der Waals surface area contributed by atoms with E-state index in [1.807, 2.05) is 0 Å². The van der Waals surface area contributed by atoms with Crippen molar-refractivity contribution in [3.05, 3.63) is 16.1 Å². The lowest BCUT2D eigenvalue weighted by molar-refractivity contribution is 0.623. The lowest BCUT2D eigenvalue weighted by atomic mass is 10.2. The summed E-state index contributed by atoms with van der Waals surface area (Å²) in [7, 11) is 0. The minimum absolute atomic E-state index is 0.882. The molecule has 0 unspecified atom stereocenters. The highest BCUT2D eigenvalue weighted by molar-refractivity contribution is 7.09. The number of unbranched alkanes of at least 4 members (excludes halogenated alkanes) is 2. The van der Waals surface area contributed by atoms with Gasteiger partial charge in [0.15, 0.2) is 0 Å². The molecule has 0 aromatic carbocycles. The molecule has 0 aliphatic carbocycles. The van der Waals surface area contributed by atoms with Crippen molar-refractivity contribution in [2.75, 3.05) is 6.54 Å². The Morgan fingerprint density at radius 3 is 3.07 bits per heavy atom. The highest BCUT2D eigenvalue weighted by Crippen LogP contribution is 2.09. The number of nitrogens with zero attached hydrogens (tertiary/aromatic N) is 1. The van der Waals surface area contributed by atoms with E-state index in [4.69, 9.17) is 6.42 Å². The number of aromatic nitrogens is 1. The molecule has 1 aromatic rings. The van der Waals surface area contributed by atoms with Crippen LogP contribution in [0.25, 0.3) is 0 Å². The van der Waals surface area contributed by atoms with Gasteiger partial charge in [0.25, 0.3) is 0 Å². The third kappa shape index (κ3) is 4.96. The van der Waals surface area contributed by atoms with Crippen molar-refractivity contribution < 1.29 is 0 Å². The number of thiazole rings is 1. The Labute approximate surface area is 96.1 Å². The Bertz CT molecular complexity index is 312. The van der Waals surface area contributed by atoms with Gasteiger partial charge in [0.2, 0.25) is 0 Å². The molecule has 1 N–H and O–H groups in total. The number of terminal acetylenes is 1. The number of nitrogens with one attached hydrogen (secondary N) is 1. The molecule has 0 radical (unpaired) electrons. The number of hydrogen-bond acceptors (Lipinski definition) is 3. The normalized spacial score (nSPS) is 10.1. The van der Waals surface area contributed by atoms with Crippen LogP contribution in [0.5, 0.6) is 0 Å². The lowest BCUT2D eigenvalue weighted by Gasteiger charge is -2.00. The second kappa shape index (κ2) is 7.44. The molecule has 0 amide bonds. The van der Waals surface area contributed by atoms with Gasteiger partial charge in [-0.25, -0.2) is 4.98 Å². The summed E-state index contributed by atoms with van der Waals surface area (Å²) in [6.45, 7) is 4.04. The lowest BCUT2D eigenvalue weighted by Crippen LogP contribution is -2.14. The van der Waals surface area contributed by atoms with Crippen LogP contribution in [0.4, 0.5) is 0 Å². The first-order valence-corrected chi connectivity index (χ1v) is 6.32. The van der Waals surface area contributed by atoms with Crippen LogP contribution >= 0.6 is 11.3 Å². The molecule has 0 atom stereocenters. The van der Waals surface area contributed by atoms with Gasteiger partial charge in [-0.3, -0.25) is 0 Å². The number of hydrogen-bond donors (Lipinski definition) is 1. The van der Waals surface area contributed by atoms with Crippen LogP contribution in [0.3, 0.4) is 0 Å². The van der Waals surface area contributed by atoms with Crippen LogP contribution in [-0.4, -0.2) is 11.5 Å². The van der Waals surface area contributed by atoms with Crippen LogP contribution in [0, 0.1) is 12.3 Å². The molecule has 2 nitrogen and oxygen atoms in total. The van der Waals surface area contributed by atoms with Gasteiger partial charge in [-0.15, -0.1) is 23.7 Å². The second-order valence-corrected chi connectivity index (χ2v) is 4.37. The first-order valence-electron chi connectivity index (χ1n) is 5.44. The minimum atomic E-state index is 0.882. The molecule has 1 rings (SSSR count). The van der Waals surface area contributed by atoms with E-state index in [9.17, 15) is 0 Å². The molecule has 15 heavy (non-hydrogen) atoms. The van der Waals surface area contributed by atoms with E-state index >= 15 is 0 Å². The van der Waals surface area contributed by atoms with Crippen LogP contribution in [0.15, 0.2) is 5.38 Å². The van der Waals surface area contributed by atoms with Gasteiger partial charge < -0.3 is 5.32 Å². The van der Waals surface area contributed by atoms with Crippen molar-refractivity contribution in [3.63, 3.8) is 0 Å². The average Bonchev–Trinajstić information content (AvgIpc) is 2.71. The van der Waals surface area contributed by atoms with Crippen molar-refractivity contribution >= 4 is 11.3 Å². The molecule has 82 valence electrons. The zero-order valence-electron chi connectivity index (χ0n) is 9.25. The van der Waals surface area contributed by atoms with Crippen LogP contribution in [0.2, 0.25) is 0 Å². The van der Waals surface area contributed by atoms with Gasteiger partial charge in [-0.05, 0) is 25.8 Å². The summed E-state index contributed by atoms with van der Waals surface area (Å²) >= 11 is 1.74. The van der Waals surface area contributed by atoms with Gasteiger partial charge in [0.05, 0.1) is 10.7 Å². The third-order valence-electron chi connectivity index (χ3n) is 2.13. The Balaban J connectivity index is 2.07. The Morgan fingerprint density at radius 2 is 2.40 bits per heavy atom. The van der Waals surface area contributed by atoms with Crippen molar-refractivity contribution in [2.45, 2.75) is 39.2 Å². The molecule has 0 aliphatic heterocycles. The van der Waals surface area contributed by atoms with Crippen LogP contribution in [0.1, 0.15) is 36.9 Å². The molecule has 1 heterocycles. The topological polar surface area (TPSA) is 24.9 Å². The molecule has 3 heteroatoms. The van der Waals surface area contributed by atoms with Gasteiger partial charge in [-0.1, -0.05) is 6.92 Å². The largest absolute Gasteiger partial charge is 0.311 e. The summed E-state index contributed by atoms with van der Waals surface area (Å²) in [6.07, 6.45) is 9.35. The fourth-order valence-electron chi connectivity index (χ4n) is 1.29. The van der Waals surface area contributed by atoms with Crippen LogP contribution in [-0.2, 0) is 13.0 Å². The van der Waals surface area contributed by atoms with Crippen LogP contribution < -0.4 is 5.32 Å². The van der Waals surface area contributed by atoms with Gasteiger partial charge in [0, 0.05) is 18.3 Å². The highest BCUT2D eigenvalue weighted by Gasteiger charge is 1.98. The smallest absolute Gasteiger partial charge is 0.0926 e. The molecular formula is C12H18N2S. The van der Waals surface area contributed by atoms with Gasteiger partial charge >= 0.3 is 0 Å². The minimum Gasteiger partial charge on any atom is -0.311 e. The van der Waals surface area contributed by atoms with E-state index in [2.05, 4.69) is 28.5 Å². The highest BCUT2D eigenvalue weighted by atomic mass is 32.1. The van der Waals surface area contributed by atoms with E-state index in [1.54, 1.807) is 11.3 Å².